The summed E-state index contributed by atoms with van der Waals surface area (Å²) < 4.78 is 2.39. The Morgan fingerprint density at radius 2 is 1.95 bits per heavy atom. The van der Waals surface area contributed by atoms with Gasteiger partial charge in [0.05, 0.1) is 0 Å². The molecular weight excluding hydrogens is 232 g/mol. The van der Waals surface area contributed by atoms with Crippen LogP contribution in [0.3, 0.4) is 0 Å². The van der Waals surface area contributed by atoms with E-state index in [4.69, 9.17) is 0 Å². The predicted octanol–water partition coefficient (Wildman–Crippen LogP) is 3.87. The minimum Gasteiger partial charge on any atom is -0.346 e. The Bertz CT molecular complexity index is 535. The molecule has 1 aliphatic rings. The Hall–Kier alpha value is -1.28. The van der Waals surface area contributed by atoms with Crippen molar-refractivity contribution in [3.05, 3.63) is 36.0 Å². The standard InChI is InChI=1S/C17H24N2/c1-14-13-19(17-10-6-5-9-16(14)17)12-11-18-15-7-3-2-4-8-15/h5-6,9-10,13,15,18H,2-4,7-8,11-12H2,1H3. The number of hydrogen-bond donors (Lipinski definition) is 1. The van der Waals surface area contributed by atoms with Gasteiger partial charge in [-0.1, -0.05) is 37.5 Å². The summed E-state index contributed by atoms with van der Waals surface area (Å²) in [4.78, 5) is 0. The minimum atomic E-state index is 0.761. The Labute approximate surface area is 115 Å². The third-order valence-corrected chi connectivity index (χ3v) is 4.38. The van der Waals surface area contributed by atoms with Crippen molar-refractivity contribution in [2.45, 2.75) is 51.6 Å². The highest BCUT2D eigenvalue weighted by atomic mass is 15.0. The maximum atomic E-state index is 3.72. The normalized spacial score (nSPS) is 17.1. The van der Waals surface area contributed by atoms with E-state index in [2.05, 4.69) is 47.3 Å². The van der Waals surface area contributed by atoms with E-state index in [-0.39, 0.29) is 0 Å². The molecule has 1 saturated carbocycles. The molecular formula is C17H24N2. The molecule has 2 aromatic rings. The molecule has 1 aromatic carbocycles. The average Bonchev–Trinajstić information content (AvgIpc) is 2.78. The van der Waals surface area contributed by atoms with E-state index in [1.165, 1.54) is 48.6 Å². The van der Waals surface area contributed by atoms with Gasteiger partial charge in [-0.25, -0.2) is 0 Å². The van der Waals surface area contributed by atoms with Gasteiger partial charge in [0.1, 0.15) is 0 Å². The number of rotatable bonds is 4. The molecule has 1 N–H and O–H groups in total. The average molecular weight is 256 g/mol. The zero-order valence-corrected chi connectivity index (χ0v) is 11.9. The van der Waals surface area contributed by atoms with Gasteiger partial charge in [-0.2, -0.15) is 0 Å². The zero-order chi connectivity index (χ0) is 13.1. The van der Waals surface area contributed by atoms with E-state index < -0.39 is 0 Å². The number of aromatic nitrogens is 1. The fraction of sp³-hybridized carbons (Fsp3) is 0.529. The minimum absolute atomic E-state index is 0.761. The SMILES string of the molecule is Cc1cn(CCNC2CCCCC2)c2ccccc12. The van der Waals surface area contributed by atoms with Crippen molar-refractivity contribution in [1.82, 2.24) is 9.88 Å². The molecule has 19 heavy (non-hydrogen) atoms. The Morgan fingerprint density at radius 3 is 2.79 bits per heavy atom. The lowest BCUT2D eigenvalue weighted by Crippen LogP contribution is -2.33. The highest BCUT2D eigenvalue weighted by molar-refractivity contribution is 5.83. The van der Waals surface area contributed by atoms with Gasteiger partial charge in [0.15, 0.2) is 0 Å². The largest absolute Gasteiger partial charge is 0.346 e. The third kappa shape index (κ3) is 2.84. The Balaban J connectivity index is 1.62. The summed E-state index contributed by atoms with van der Waals surface area (Å²) in [5.41, 5.74) is 2.75. The summed E-state index contributed by atoms with van der Waals surface area (Å²) in [5.74, 6) is 0. The fourth-order valence-electron chi connectivity index (χ4n) is 3.31. The van der Waals surface area contributed by atoms with Crippen LogP contribution >= 0.6 is 0 Å². The van der Waals surface area contributed by atoms with E-state index in [1.807, 2.05) is 0 Å². The third-order valence-electron chi connectivity index (χ3n) is 4.38. The lowest BCUT2D eigenvalue weighted by molar-refractivity contribution is 0.369. The zero-order valence-electron chi connectivity index (χ0n) is 11.9. The number of nitrogens with zero attached hydrogens (tertiary/aromatic N) is 1. The van der Waals surface area contributed by atoms with Crippen LogP contribution in [0.25, 0.3) is 10.9 Å². The fourth-order valence-corrected chi connectivity index (χ4v) is 3.31. The monoisotopic (exact) mass is 256 g/mol. The highest BCUT2D eigenvalue weighted by Crippen LogP contribution is 2.20. The van der Waals surface area contributed by atoms with E-state index in [0.717, 1.165) is 19.1 Å². The van der Waals surface area contributed by atoms with Crippen molar-refractivity contribution in [1.29, 1.82) is 0 Å². The Kier molecular flexibility index (Phi) is 3.88. The smallest absolute Gasteiger partial charge is 0.0483 e. The van der Waals surface area contributed by atoms with Gasteiger partial charge in [-0.05, 0) is 31.4 Å². The summed E-state index contributed by atoms with van der Waals surface area (Å²) in [5, 5.41) is 5.11. The highest BCUT2D eigenvalue weighted by Gasteiger charge is 2.12. The second-order valence-electron chi connectivity index (χ2n) is 5.81. The first kappa shape index (κ1) is 12.7. The van der Waals surface area contributed by atoms with Crippen LogP contribution < -0.4 is 5.32 Å². The van der Waals surface area contributed by atoms with Gasteiger partial charge in [-0.3, -0.25) is 0 Å². The van der Waals surface area contributed by atoms with Gasteiger partial charge >= 0.3 is 0 Å². The predicted molar refractivity (Wildman–Crippen MR) is 81.6 cm³/mol. The van der Waals surface area contributed by atoms with Gasteiger partial charge in [0, 0.05) is 36.2 Å². The summed E-state index contributed by atoms with van der Waals surface area (Å²) in [6, 6.07) is 9.46. The molecule has 1 heterocycles. The summed E-state index contributed by atoms with van der Waals surface area (Å²) >= 11 is 0. The van der Waals surface area contributed by atoms with E-state index in [0.29, 0.717) is 0 Å². The number of nitrogens with one attached hydrogen (secondary N) is 1. The topological polar surface area (TPSA) is 17.0 Å². The number of benzene rings is 1. The van der Waals surface area contributed by atoms with Crippen molar-refractivity contribution < 1.29 is 0 Å². The molecule has 1 fully saturated rings. The lowest BCUT2D eigenvalue weighted by Gasteiger charge is -2.23. The summed E-state index contributed by atoms with van der Waals surface area (Å²) in [6.45, 7) is 4.36. The molecule has 0 spiro atoms. The van der Waals surface area contributed by atoms with Crippen LogP contribution in [0.15, 0.2) is 30.5 Å². The molecule has 0 aliphatic heterocycles. The first-order chi connectivity index (χ1) is 9.34. The van der Waals surface area contributed by atoms with Crippen LogP contribution in [0.2, 0.25) is 0 Å². The van der Waals surface area contributed by atoms with Crippen LogP contribution in [0.1, 0.15) is 37.7 Å². The van der Waals surface area contributed by atoms with Crippen LogP contribution in [0.4, 0.5) is 0 Å². The second-order valence-corrected chi connectivity index (χ2v) is 5.81. The van der Waals surface area contributed by atoms with Gasteiger partial charge in [0.25, 0.3) is 0 Å². The van der Waals surface area contributed by atoms with E-state index in [1.54, 1.807) is 0 Å². The molecule has 3 rings (SSSR count). The van der Waals surface area contributed by atoms with Gasteiger partial charge < -0.3 is 9.88 Å². The maximum absolute atomic E-state index is 3.72. The van der Waals surface area contributed by atoms with Crippen LogP contribution in [0, 0.1) is 6.92 Å². The lowest BCUT2D eigenvalue weighted by atomic mass is 9.95. The molecule has 0 atom stereocenters. The van der Waals surface area contributed by atoms with Crippen molar-refractivity contribution in [3.8, 4) is 0 Å². The molecule has 2 nitrogen and oxygen atoms in total. The van der Waals surface area contributed by atoms with Crippen LogP contribution in [-0.2, 0) is 6.54 Å². The van der Waals surface area contributed by atoms with Crippen LogP contribution in [0.5, 0.6) is 0 Å². The molecule has 0 radical (unpaired) electrons. The molecule has 0 amide bonds. The molecule has 102 valence electrons. The quantitative estimate of drug-likeness (QED) is 0.878. The molecule has 1 aromatic heterocycles. The van der Waals surface area contributed by atoms with Gasteiger partial charge in [0.2, 0.25) is 0 Å². The number of para-hydroxylation sites is 1. The molecule has 2 heteroatoms. The maximum Gasteiger partial charge on any atom is 0.0483 e. The molecule has 0 saturated heterocycles. The Morgan fingerprint density at radius 1 is 1.16 bits per heavy atom. The van der Waals surface area contributed by atoms with Crippen molar-refractivity contribution in [3.63, 3.8) is 0 Å². The van der Waals surface area contributed by atoms with E-state index in [9.17, 15) is 0 Å². The molecule has 0 bridgehead atoms. The first-order valence-electron chi connectivity index (χ1n) is 7.62. The van der Waals surface area contributed by atoms with E-state index >= 15 is 0 Å². The van der Waals surface area contributed by atoms with Gasteiger partial charge in [-0.15, -0.1) is 0 Å². The van der Waals surface area contributed by atoms with Crippen molar-refractivity contribution in [2.24, 2.45) is 0 Å². The number of fused-ring (bicyclic) bond motifs is 1. The summed E-state index contributed by atoms with van der Waals surface area (Å²) in [7, 11) is 0. The number of aryl methyl sites for hydroxylation is 1. The van der Waals surface area contributed by atoms with Crippen molar-refractivity contribution >= 4 is 10.9 Å². The van der Waals surface area contributed by atoms with Crippen LogP contribution in [-0.4, -0.2) is 17.2 Å². The second kappa shape index (κ2) is 5.79. The molecule has 1 aliphatic carbocycles. The summed E-state index contributed by atoms with van der Waals surface area (Å²) in [6.07, 6.45) is 9.26. The first-order valence-corrected chi connectivity index (χ1v) is 7.62. The van der Waals surface area contributed by atoms with Crippen molar-refractivity contribution in [2.75, 3.05) is 6.54 Å². The molecule has 0 unspecified atom stereocenters. The number of hydrogen-bond acceptors (Lipinski definition) is 1.